The first-order valence-electron chi connectivity index (χ1n) is 12.5. The smallest absolute Gasteiger partial charge is 0.260 e. The molecule has 3 amide bonds. The van der Waals surface area contributed by atoms with E-state index < -0.39 is 0 Å². The molecule has 0 aromatic heterocycles. The van der Waals surface area contributed by atoms with Crippen LogP contribution in [0.2, 0.25) is 0 Å². The molecule has 0 spiro atoms. The maximum absolute atomic E-state index is 12.9. The minimum atomic E-state index is -0.292. The highest BCUT2D eigenvalue weighted by atomic mass is 16.5. The normalized spacial score (nSPS) is 26.7. The quantitative estimate of drug-likeness (QED) is 0.297. The lowest BCUT2D eigenvalue weighted by Crippen LogP contribution is -2.43. The highest BCUT2D eigenvalue weighted by Gasteiger charge is 2.59. The van der Waals surface area contributed by atoms with Crippen molar-refractivity contribution in [3.05, 3.63) is 48.1 Å². The van der Waals surface area contributed by atoms with Crippen molar-refractivity contribution < 1.29 is 28.6 Å². The van der Waals surface area contributed by atoms with E-state index in [4.69, 9.17) is 14.2 Å². The molecule has 4 aliphatic rings. The molecular weight excluding hydrogens is 462 g/mol. The summed E-state index contributed by atoms with van der Waals surface area (Å²) in [6, 6.07) is 3.59. The molecule has 36 heavy (non-hydrogen) atoms. The third-order valence-electron chi connectivity index (χ3n) is 7.29. The number of hydrogen-bond acceptors (Lipinski definition) is 7. The first-order valence-corrected chi connectivity index (χ1v) is 12.5. The van der Waals surface area contributed by atoms with Crippen LogP contribution in [0.1, 0.15) is 24.5 Å². The molecule has 190 valence electrons. The number of rotatable bonds is 9. The Labute approximate surface area is 210 Å². The lowest BCUT2D eigenvalue weighted by molar-refractivity contribution is -0.140. The van der Waals surface area contributed by atoms with Crippen LogP contribution in [0.4, 0.5) is 0 Å². The Bertz CT molecular complexity index is 1090. The molecule has 4 unspecified atom stereocenters. The van der Waals surface area contributed by atoms with E-state index in [9.17, 15) is 14.4 Å². The number of carbonyl (C=O) groups excluding carboxylic acids is 3. The summed E-state index contributed by atoms with van der Waals surface area (Å²) in [7, 11) is 0. The van der Waals surface area contributed by atoms with E-state index in [0.717, 1.165) is 17.0 Å². The number of benzene rings is 1. The van der Waals surface area contributed by atoms with Gasteiger partial charge < -0.3 is 19.1 Å². The summed E-state index contributed by atoms with van der Waals surface area (Å²) in [6.45, 7) is 8.10. The molecule has 2 bridgehead atoms. The van der Waals surface area contributed by atoms with Crippen molar-refractivity contribution in [3.63, 3.8) is 0 Å². The van der Waals surface area contributed by atoms with E-state index in [-0.39, 0.29) is 48.0 Å². The lowest BCUT2D eigenvalue weighted by Gasteiger charge is -2.27. The molecular formula is C27H31N3O6. The van der Waals surface area contributed by atoms with Crippen molar-refractivity contribution in [1.82, 2.24) is 9.91 Å². The number of imide groups is 1. The summed E-state index contributed by atoms with van der Waals surface area (Å²) in [4.78, 5) is 40.2. The van der Waals surface area contributed by atoms with Gasteiger partial charge in [-0.15, -0.1) is 6.58 Å². The van der Waals surface area contributed by atoms with E-state index in [2.05, 4.69) is 23.8 Å². The standard InChI is InChI=1S/C27H31N3O6/c1-3-5-20-12-17(15-28-30-26(32)23-18-6-7-19(14-18)24(23)27(30)33)13-21(35-4-2)25(20)36-16-22(31)29-8-10-34-11-9-29/h3,6-7,12-13,15,18-19,23-24H,1,4-5,8-11,14,16H2,2H3. The Morgan fingerprint density at radius 3 is 2.47 bits per heavy atom. The number of amides is 3. The van der Waals surface area contributed by atoms with E-state index >= 15 is 0 Å². The maximum Gasteiger partial charge on any atom is 0.260 e. The zero-order valence-corrected chi connectivity index (χ0v) is 20.4. The fourth-order valence-electron chi connectivity index (χ4n) is 5.65. The minimum absolute atomic E-state index is 0.115. The first kappa shape index (κ1) is 24.2. The van der Waals surface area contributed by atoms with Crippen molar-refractivity contribution >= 4 is 23.9 Å². The fourth-order valence-corrected chi connectivity index (χ4v) is 5.65. The Kier molecular flexibility index (Phi) is 6.91. The minimum Gasteiger partial charge on any atom is -0.490 e. The molecule has 0 N–H and O–H groups in total. The van der Waals surface area contributed by atoms with E-state index in [1.54, 1.807) is 17.0 Å². The van der Waals surface area contributed by atoms with Crippen molar-refractivity contribution in [3.8, 4) is 11.5 Å². The Morgan fingerprint density at radius 1 is 1.14 bits per heavy atom. The highest BCUT2D eigenvalue weighted by Crippen LogP contribution is 2.52. The number of nitrogens with zero attached hydrogens (tertiary/aromatic N) is 3. The monoisotopic (exact) mass is 493 g/mol. The summed E-state index contributed by atoms with van der Waals surface area (Å²) in [5.41, 5.74) is 1.42. The Hall–Kier alpha value is -3.46. The Morgan fingerprint density at radius 2 is 1.83 bits per heavy atom. The lowest BCUT2D eigenvalue weighted by atomic mass is 9.85. The predicted molar refractivity (Wildman–Crippen MR) is 132 cm³/mol. The molecule has 2 aliphatic heterocycles. The molecule has 5 rings (SSSR count). The topological polar surface area (TPSA) is 97.7 Å². The zero-order chi connectivity index (χ0) is 25.2. The summed E-state index contributed by atoms with van der Waals surface area (Å²) in [5, 5.41) is 5.32. The van der Waals surface area contributed by atoms with Gasteiger partial charge in [0.15, 0.2) is 18.1 Å². The number of hydrazone groups is 1. The van der Waals surface area contributed by atoms with Gasteiger partial charge in [-0.05, 0) is 49.3 Å². The number of ether oxygens (including phenoxy) is 3. The van der Waals surface area contributed by atoms with Gasteiger partial charge in [-0.3, -0.25) is 14.4 Å². The summed E-state index contributed by atoms with van der Waals surface area (Å²) in [5.74, 6) is 0.0591. The van der Waals surface area contributed by atoms with Crippen LogP contribution in [-0.2, 0) is 25.5 Å². The van der Waals surface area contributed by atoms with Crippen LogP contribution in [0, 0.1) is 23.7 Å². The predicted octanol–water partition coefficient (Wildman–Crippen LogP) is 2.19. The molecule has 4 atom stereocenters. The van der Waals surface area contributed by atoms with Gasteiger partial charge in [-0.2, -0.15) is 10.1 Å². The molecule has 1 aromatic carbocycles. The van der Waals surface area contributed by atoms with Crippen LogP contribution >= 0.6 is 0 Å². The molecule has 3 fully saturated rings. The number of allylic oxidation sites excluding steroid dienone is 3. The molecule has 2 heterocycles. The molecule has 9 nitrogen and oxygen atoms in total. The van der Waals surface area contributed by atoms with Gasteiger partial charge >= 0.3 is 0 Å². The number of carbonyl (C=O) groups is 3. The van der Waals surface area contributed by atoms with Crippen LogP contribution in [0.15, 0.2) is 42.0 Å². The Balaban J connectivity index is 1.35. The average Bonchev–Trinajstić information content (AvgIpc) is 3.57. The van der Waals surface area contributed by atoms with E-state index in [1.165, 1.54) is 6.21 Å². The van der Waals surface area contributed by atoms with Crippen molar-refractivity contribution in [2.75, 3.05) is 39.5 Å². The van der Waals surface area contributed by atoms with Crippen LogP contribution in [0.3, 0.4) is 0 Å². The molecule has 1 saturated carbocycles. The van der Waals surface area contributed by atoms with Gasteiger partial charge in [0, 0.05) is 18.7 Å². The van der Waals surface area contributed by atoms with Crippen molar-refractivity contribution in [2.24, 2.45) is 28.8 Å². The van der Waals surface area contributed by atoms with Gasteiger partial charge in [-0.25, -0.2) is 0 Å². The van der Waals surface area contributed by atoms with Crippen LogP contribution in [-0.4, -0.2) is 73.4 Å². The van der Waals surface area contributed by atoms with Gasteiger partial charge in [0.2, 0.25) is 0 Å². The van der Waals surface area contributed by atoms with Crippen molar-refractivity contribution in [2.45, 2.75) is 19.8 Å². The second-order valence-electron chi connectivity index (χ2n) is 9.45. The van der Waals surface area contributed by atoms with Gasteiger partial charge in [0.1, 0.15) is 0 Å². The average molecular weight is 494 g/mol. The molecule has 9 heteroatoms. The SMILES string of the molecule is C=CCc1cc(C=NN2C(=O)C3C4C=CC(C4)C3C2=O)cc(OCC)c1OCC(=O)N1CCOCC1. The number of hydrogen-bond donors (Lipinski definition) is 0. The molecule has 2 aliphatic carbocycles. The third kappa shape index (κ3) is 4.43. The van der Waals surface area contributed by atoms with Gasteiger partial charge in [-0.1, -0.05) is 18.2 Å². The molecule has 0 radical (unpaired) electrons. The van der Waals surface area contributed by atoms with E-state index in [0.29, 0.717) is 56.4 Å². The van der Waals surface area contributed by atoms with Crippen LogP contribution in [0.5, 0.6) is 11.5 Å². The van der Waals surface area contributed by atoms with Crippen LogP contribution < -0.4 is 9.47 Å². The molecule has 1 aromatic rings. The van der Waals surface area contributed by atoms with Crippen molar-refractivity contribution in [1.29, 1.82) is 0 Å². The highest BCUT2D eigenvalue weighted by molar-refractivity contribution is 6.06. The van der Waals surface area contributed by atoms with Crippen LogP contribution in [0.25, 0.3) is 0 Å². The largest absolute Gasteiger partial charge is 0.490 e. The second kappa shape index (κ2) is 10.3. The summed E-state index contributed by atoms with van der Waals surface area (Å²) in [6.07, 6.45) is 8.71. The zero-order valence-electron chi connectivity index (χ0n) is 20.4. The summed E-state index contributed by atoms with van der Waals surface area (Å²) < 4.78 is 17.1. The van der Waals surface area contributed by atoms with Gasteiger partial charge in [0.25, 0.3) is 17.7 Å². The maximum atomic E-state index is 12.9. The van der Waals surface area contributed by atoms with E-state index in [1.807, 2.05) is 13.0 Å². The van der Waals surface area contributed by atoms with Gasteiger partial charge in [0.05, 0.1) is 37.9 Å². The second-order valence-corrected chi connectivity index (χ2v) is 9.45. The molecule has 2 saturated heterocycles. The number of morpholine rings is 1. The summed E-state index contributed by atoms with van der Waals surface area (Å²) >= 11 is 0. The fraction of sp³-hybridized carbons (Fsp3) is 0.481. The number of fused-ring (bicyclic) bond motifs is 5. The first-order chi connectivity index (χ1) is 17.5. The third-order valence-corrected chi connectivity index (χ3v) is 7.29.